The van der Waals surface area contributed by atoms with Gasteiger partial charge in [-0.25, -0.2) is 13.1 Å². The van der Waals surface area contributed by atoms with E-state index in [1.807, 2.05) is 38.3 Å². The highest BCUT2D eigenvalue weighted by molar-refractivity contribution is 7.98. The van der Waals surface area contributed by atoms with Crippen molar-refractivity contribution in [2.45, 2.75) is 36.5 Å². The highest BCUT2D eigenvalue weighted by atomic mass is 32.2. The fraction of sp³-hybridized carbons (Fsp3) is 0.409. The van der Waals surface area contributed by atoms with E-state index in [0.717, 1.165) is 47.7 Å². The Bertz CT molecular complexity index is 1020. The second-order valence-electron chi connectivity index (χ2n) is 7.31. The van der Waals surface area contributed by atoms with E-state index in [1.165, 1.54) is 17.8 Å². The van der Waals surface area contributed by atoms with Crippen LogP contribution >= 0.6 is 11.8 Å². The molecule has 1 amide bonds. The molecule has 0 aromatic heterocycles. The zero-order chi connectivity index (χ0) is 21.7. The fourth-order valence-electron chi connectivity index (χ4n) is 3.41. The Balaban J connectivity index is 1.68. The third-order valence-corrected chi connectivity index (χ3v) is 7.57. The smallest absolute Gasteiger partial charge is 0.255 e. The Hall–Kier alpha value is -2.03. The first-order valence-electron chi connectivity index (χ1n) is 9.99. The maximum atomic E-state index is 12.9. The summed E-state index contributed by atoms with van der Waals surface area (Å²) < 4.78 is 33.8. The maximum Gasteiger partial charge on any atom is 0.255 e. The van der Waals surface area contributed by atoms with Gasteiger partial charge in [0.15, 0.2) is 0 Å². The van der Waals surface area contributed by atoms with Crippen LogP contribution in [0.2, 0.25) is 0 Å². The first kappa shape index (κ1) is 22.7. The van der Waals surface area contributed by atoms with Crippen LogP contribution < -0.4 is 9.46 Å². The summed E-state index contributed by atoms with van der Waals surface area (Å²) in [7, 11) is -3.75. The molecule has 0 saturated carbocycles. The van der Waals surface area contributed by atoms with Gasteiger partial charge in [0.25, 0.3) is 5.91 Å². The van der Waals surface area contributed by atoms with Crippen molar-refractivity contribution in [2.75, 3.05) is 32.5 Å². The van der Waals surface area contributed by atoms with E-state index in [1.54, 1.807) is 17.0 Å². The molecule has 0 unspecified atom stereocenters. The molecule has 0 aliphatic carbocycles. The number of aryl methyl sites for hydroxylation is 1. The number of likely N-dealkylation sites (tertiary alicyclic amines) is 1. The number of thioether (sulfide) groups is 1. The molecular weight excluding hydrogens is 420 g/mol. The number of rotatable bonds is 8. The molecule has 162 valence electrons. The van der Waals surface area contributed by atoms with Crippen LogP contribution in [0.4, 0.5) is 0 Å². The lowest BCUT2D eigenvalue weighted by molar-refractivity contribution is 0.0789. The second kappa shape index (κ2) is 9.85. The maximum absolute atomic E-state index is 12.9. The van der Waals surface area contributed by atoms with Crippen LogP contribution in [0.1, 0.15) is 34.3 Å². The van der Waals surface area contributed by atoms with E-state index in [0.29, 0.717) is 5.56 Å². The van der Waals surface area contributed by atoms with Crippen LogP contribution in [0.5, 0.6) is 5.75 Å². The molecule has 1 N–H and O–H groups in total. The Morgan fingerprint density at radius 2 is 1.90 bits per heavy atom. The minimum Gasteiger partial charge on any atom is -0.492 e. The lowest BCUT2D eigenvalue weighted by atomic mass is 10.1. The van der Waals surface area contributed by atoms with Crippen LogP contribution in [0, 0.1) is 13.8 Å². The Kier molecular flexibility index (Phi) is 7.44. The van der Waals surface area contributed by atoms with Crippen LogP contribution in [0.15, 0.2) is 46.2 Å². The third-order valence-electron chi connectivity index (χ3n) is 5.31. The highest BCUT2D eigenvalue weighted by Crippen LogP contribution is 2.26. The number of nitrogens with one attached hydrogen (secondary N) is 1. The van der Waals surface area contributed by atoms with E-state index in [9.17, 15) is 13.2 Å². The van der Waals surface area contributed by atoms with Gasteiger partial charge in [0.1, 0.15) is 12.4 Å². The van der Waals surface area contributed by atoms with Gasteiger partial charge >= 0.3 is 0 Å². The van der Waals surface area contributed by atoms with Crippen molar-refractivity contribution in [1.82, 2.24) is 9.62 Å². The SMILES string of the molecule is CSc1ccc(S(=O)(=O)NCCOc2cccc(C)c2C)cc1C(=O)N1CCCC1. The first-order valence-corrected chi connectivity index (χ1v) is 12.7. The van der Waals surface area contributed by atoms with Crippen LogP contribution in [0.3, 0.4) is 0 Å². The molecule has 1 aliphatic heterocycles. The van der Waals surface area contributed by atoms with Crippen molar-refractivity contribution in [3.05, 3.63) is 53.1 Å². The third kappa shape index (κ3) is 5.17. The van der Waals surface area contributed by atoms with Crippen molar-refractivity contribution >= 4 is 27.7 Å². The number of benzene rings is 2. The van der Waals surface area contributed by atoms with Crippen molar-refractivity contribution in [1.29, 1.82) is 0 Å². The molecule has 0 spiro atoms. The molecule has 30 heavy (non-hydrogen) atoms. The van der Waals surface area contributed by atoms with Gasteiger partial charge in [-0.15, -0.1) is 11.8 Å². The minimum absolute atomic E-state index is 0.0922. The Labute approximate surface area is 183 Å². The van der Waals surface area contributed by atoms with Gasteiger partial charge in [0, 0.05) is 24.5 Å². The zero-order valence-corrected chi connectivity index (χ0v) is 19.2. The number of carbonyl (C=O) groups is 1. The van der Waals surface area contributed by atoms with Crippen LogP contribution in [-0.4, -0.2) is 51.7 Å². The second-order valence-corrected chi connectivity index (χ2v) is 9.92. The highest BCUT2D eigenvalue weighted by Gasteiger charge is 2.24. The molecular formula is C22H28N2O4S2. The predicted molar refractivity (Wildman–Crippen MR) is 120 cm³/mol. The lowest BCUT2D eigenvalue weighted by Gasteiger charge is -2.18. The molecule has 0 radical (unpaired) electrons. The van der Waals surface area contributed by atoms with Gasteiger partial charge < -0.3 is 9.64 Å². The monoisotopic (exact) mass is 448 g/mol. The number of nitrogens with zero attached hydrogens (tertiary/aromatic N) is 1. The normalized spacial score (nSPS) is 14.2. The molecule has 0 atom stereocenters. The summed E-state index contributed by atoms with van der Waals surface area (Å²) in [5.41, 5.74) is 2.61. The summed E-state index contributed by atoms with van der Waals surface area (Å²) in [4.78, 5) is 15.5. The van der Waals surface area contributed by atoms with Crippen LogP contribution in [-0.2, 0) is 10.0 Å². The molecule has 1 fully saturated rings. The number of hydrogen-bond donors (Lipinski definition) is 1. The van der Waals surface area contributed by atoms with Gasteiger partial charge in [0.05, 0.1) is 10.5 Å². The average Bonchev–Trinajstić information content (AvgIpc) is 3.28. The summed E-state index contributed by atoms with van der Waals surface area (Å²) in [5, 5.41) is 0. The van der Waals surface area contributed by atoms with Gasteiger partial charge in [-0.1, -0.05) is 12.1 Å². The zero-order valence-electron chi connectivity index (χ0n) is 17.6. The lowest BCUT2D eigenvalue weighted by Crippen LogP contribution is -2.30. The van der Waals surface area contributed by atoms with Gasteiger partial charge in [-0.2, -0.15) is 0 Å². The largest absolute Gasteiger partial charge is 0.492 e. The predicted octanol–water partition coefficient (Wildman–Crippen LogP) is 3.62. The number of sulfonamides is 1. The molecule has 8 heteroatoms. The van der Waals surface area contributed by atoms with Crippen molar-refractivity contribution in [3.63, 3.8) is 0 Å². The van der Waals surface area contributed by atoms with Crippen molar-refractivity contribution in [2.24, 2.45) is 0 Å². The summed E-state index contributed by atoms with van der Waals surface area (Å²) in [6, 6.07) is 10.5. The number of hydrogen-bond acceptors (Lipinski definition) is 5. The van der Waals surface area contributed by atoms with E-state index in [2.05, 4.69) is 4.72 Å². The molecule has 6 nitrogen and oxygen atoms in total. The molecule has 0 bridgehead atoms. The Morgan fingerprint density at radius 3 is 2.60 bits per heavy atom. The molecule has 2 aromatic carbocycles. The van der Waals surface area contributed by atoms with Crippen molar-refractivity contribution < 1.29 is 17.9 Å². The molecule has 3 rings (SSSR count). The standard InChI is InChI=1S/C22H28N2O4S2/c1-16-7-6-8-20(17(16)2)28-14-11-23-30(26,27)18-9-10-21(29-3)19(15-18)22(25)24-12-4-5-13-24/h6-10,15,23H,4-5,11-14H2,1-3H3. The quantitative estimate of drug-likeness (QED) is 0.493. The molecule has 1 saturated heterocycles. The summed E-state index contributed by atoms with van der Waals surface area (Å²) in [5.74, 6) is 0.643. The summed E-state index contributed by atoms with van der Waals surface area (Å²) >= 11 is 1.44. The summed E-state index contributed by atoms with van der Waals surface area (Å²) in [6.45, 7) is 5.77. The molecule has 2 aromatic rings. The van der Waals surface area contributed by atoms with Gasteiger partial charge in [0.2, 0.25) is 10.0 Å². The average molecular weight is 449 g/mol. The molecule has 1 aliphatic rings. The number of ether oxygens (including phenoxy) is 1. The topological polar surface area (TPSA) is 75.7 Å². The fourth-order valence-corrected chi connectivity index (χ4v) is 5.02. The van der Waals surface area contributed by atoms with E-state index in [-0.39, 0.29) is 24.0 Å². The van der Waals surface area contributed by atoms with E-state index >= 15 is 0 Å². The van der Waals surface area contributed by atoms with E-state index < -0.39 is 10.0 Å². The number of amides is 1. The molecule has 1 heterocycles. The van der Waals surface area contributed by atoms with Crippen LogP contribution in [0.25, 0.3) is 0 Å². The number of carbonyl (C=O) groups excluding carboxylic acids is 1. The first-order chi connectivity index (χ1) is 14.3. The summed E-state index contributed by atoms with van der Waals surface area (Å²) in [6.07, 6.45) is 3.85. The Morgan fingerprint density at radius 1 is 1.17 bits per heavy atom. The van der Waals surface area contributed by atoms with Gasteiger partial charge in [-0.3, -0.25) is 4.79 Å². The van der Waals surface area contributed by atoms with Crippen molar-refractivity contribution in [3.8, 4) is 5.75 Å². The van der Waals surface area contributed by atoms with Gasteiger partial charge in [-0.05, 0) is 68.3 Å². The minimum atomic E-state index is -3.75. The van der Waals surface area contributed by atoms with E-state index in [4.69, 9.17) is 4.74 Å².